The molecule has 0 bridgehead atoms. The number of nitrogens with one attached hydrogen (secondary N) is 1. The second kappa shape index (κ2) is 7.58. The number of nitrogens with zero attached hydrogens (tertiary/aromatic N) is 1. The molecule has 0 saturated heterocycles. The molecule has 0 unspecified atom stereocenters. The molecule has 2 saturated carbocycles. The fourth-order valence-electron chi connectivity index (χ4n) is 6.06. The topological polar surface area (TPSA) is 50.8 Å². The van der Waals surface area contributed by atoms with Gasteiger partial charge >= 0.3 is 0 Å². The summed E-state index contributed by atoms with van der Waals surface area (Å²) < 4.78 is 11.1. The molecule has 4 aliphatic rings. The number of rotatable bonds is 4. The van der Waals surface area contributed by atoms with E-state index in [4.69, 9.17) is 9.47 Å². The maximum Gasteiger partial charge on any atom is 0.270 e. The van der Waals surface area contributed by atoms with Crippen molar-refractivity contribution in [3.63, 3.8) is 0 Å². The third-order valence-electron chi connectivity index (χ3n) is 7.45. The number of amides is 1. The Balaban J connectivity index is 1.53. The van der Waals surface area contributed by atoms with E-state index in [0.717, 1.165) is 49.4 Å². The molecule has 5 heteroatoms. The van der Waals surface area contributed by atoms with Crippen molar-refractivity contribution in [3.05, 3.63) is 34.5 Å². The fourth-order valence-corrected chi connectivity index (χ4v) is 6.06. The summed E-state index contributed by atoms with van der Waals surface area (Å²) in [6.07, 6.45) is 10.4. The monoisotopic (exact) mass is 396 g/mol. The molecule has 0 radical (unpaired) electrons. The molecular weight excluding hydrogens is 364 g/mol. The number of hydrogen-bond donors (Lipinski definition) is 1. The molecule has 2 heterocycles. The Morgan fingerprint density at radius 1 is 0.966 bits per heavy atom. The minimum Gasteiger partial charge on any atom is -0.493 e. The Hall–Kier alpha value is -2.17. The van der Waals surface area contributed by atoms with Crippen LogP contribution in [0, 0.1) is 0 Å². The highest BCUT2D eigenvalue weighted by Crippen LogP contribution is 2.48. The van der Waals surface area contributed by atoms with Crippen LogP contribution in [-0.4, -0.2) is 43.7 Å². The first-order chi connectivity index (χ1) is 14.2. The lowest BCUT2D eigenvalue weighted by Crippen LogP contribution is -2.41. The van der Waals surface area contributed by atoms with Gasteiger partial charge in [0.15, 0.2) is 11.5 Å². The number of ether oxygens (including phenoxy) is 2. The number of fused-ring (bicyclic) bond motifs is 2. The van der Waals surface area contributed by atoms with Crippen LogP contribution in [0.1, 0.15) is 68.4 Å². The maximum absolute atomic E-state index is 13.5. The maximum atomic E-state index is 13.5. The largest absolute Gasteiger partial charge is 0.493 e. The van der Waals surface area contributed by atoms with Gasteiger partial charge in [0.05, 0.1) is 20.3 Å². The van der Waals surface area contributed by atoms with E-state index < -0.39 is 0 Å². The zero-order valence-electron chi connectivity index (χ0n) is 17.6. The van der Waals surface area contributed by atoms with Gasteiger partial charge in [-0.2, -0.15) is 0 Å². The molecule has 2 aliphatic heterocycles. The average Bonchev–Trinajstić information content (AvgIpc) is 2.92. The zero-order chi connectivity index (χ0) is 20.0. The van der Waals surface area contributed by atoms with E-state index in [9.17, 15) is 4.79 Å². The van der Waals surface area contributed by atoms with Crippen molar-refractivity contribution in [1.82, 2.24) is 10.2 Å². The van der Waals surface area contributed by atoms with E-state index in [1.165, 1.54) is 48.8 Å². The van der Waals surface area contributed by atoms with Gasteiger partial charge in [-0.25, -0.2) is 0 Å². The van der Waals surface area contributed by atoms with Crippen LogP contribution in [0.3, 0.4) is 0 Å². The minimum atomic E-state index is 0.210. The van der Waals surface area contributed by atoms with E-state index >= 15 is 0 Å². The lowest BCUT2D eigenvalue weighted by Gasteiger charge is -2.35. The first kappa shape index (κ1) is 18.8. The third-order valence-corrected chi connectivity index (χ3v) is 7.45. The van der Waals surface area contributed by atoms with Crippen molar-refractivity contribution < 1.29 is 14.3 Å². The summed E-state index contributed by atoms with van der Waals surface area (Å²) in [5, 5.41) is 3.71. The standard InChI is InChI=1S/C24H32N2O3/c1-28-20-13-15-11-12-26-23-17(19(15)14-21(20)29-2)9-6-10-18(23)22(24(26)27)25-16-7-4-3-5-8-16/h13-14,16-17,23,25H,3-12H2,1-2H3/t17-,23-/m1/s1. The van der Waals surface area contributed by atoms with Crippen LogP contribution >= 0.6 is 0 Å². The lowest BCUT2D eigenvalue weighted by molar-refractivity contribution is -0.127. The van der Waals surface area contributed by atoms with Gasteiger partial charge in [-0.1, -0.05) is 19.3 Å². The molecule has 156 valence electrons. The van der Waals surface area contributed by atoms with Crippen LogP contribution < -0.4 is 14.8 Å². The number of carbonyl (C=O) groups is 1. The highest BCUT2D eigenvalue weighted by Gasteiger charge is 2.47. The summed E-state index contributed by atoms with van der Waals surface area (Å²) in [7, 11) is 3.39. The van der Waals surface area contributed by atoms with Gasteiger partial charge < -0.3 is 19.7 Å². The summed E-state index contributed by atoms with van der Waals surface area (Å²) in [5.74, 6) is 2.16. The van der Waals surface area contributed by atoms with Crippen molar-refractivity contribution >= 4 is 5.91 Å². The first-order valence-electron chi connectivity index (χ1n) is 11.3. The smallest absolute Gasteiger partial charge is 0.270 e. The van der Waals surface area contributed by atoms with Gasteiger partial charge in [-0.15, -0.1) is 0 Å². The zero-order valence-corrected chi connectivity index (χ0v) is 17.6. The average molecular weight is 397 g/mol. The van der Waals surface area contributed by atoms with Crippen LogP contribution in [-0.2, 0) is 11.2 Å². The van der Waals surface area contributed by atoms with Crippen LogP contribution in [0.2, 0.25) is 0 Å². The lowest BCUT2D eigenvalue weighted by atomic mass is 9.76. The van der Waals surface area contributed by atoms with E-state index in [1.54, 1.807) is 14.2 Å². The molecule has 1 aromatic carbocycles. The van der Waals surface area contributed by atoms with Crippen LogP contribution in [0.4, 0.5) is 0 Å². The Morgan fingerprint density at radius 2 is 1.72 bits per heavy atom. The van der Waals surface area contributed by atoms with Crippen LogP contribution in [0.5, 0.6) is 11.5 Å². The van der Waals surface area contributed by atoms with Gasteiger partial charge in [0, 0.05) is 18.5 Å². The van der Waals surface area contributed by atoms with E-state index in [0.29, 0.717) is 12.0 Å². The van der Waals surface area contributed by atoms with Gasteiger partial charge in [-0.3, -0.25) is 4.79 Å². The van der Waals surface area contributed by atoms with Crippen LogP contribution in [0.15, 0.2) is 23.4 Å². The van der Waals surface area contributed by atoms with Gasteiger partial charge in [0.25, 0.3) is 5.91 Å². The molecule has 1 aromatic rings. The van der Waals surface area contributed by atoms with Crippen molar-refractivity contribution in [2.45, 2.75) is 75.8 Å². The Labute approximate surface area is 173 Å². The predicted octanol–water partition coefficient (Wildman–Crippen LogP) is 3.91. The Kier molecular flexibility index (Phi) is 4.92. The summed E-state index contributed by atoms with van der Waals surface area (Å²) >= 11 is 0. The van der Waals surface area contributed by atoms with Gasteiger partial charge in [0.1, 0.15) is 5.70 Å². The summed E-state index contributed by atoms with van der Waals surface area (Å²) in [6.45, 7) is 0.780. The van der Waals surface area contributed by atoms with Crippen molar-refractivity contribution in [2.24, 2.45) is 0 Å². The number of methoxy groups -OCH3 is 2. The first-order valence-corrected chi connectivity index (χ1v) is 11.3. The Morgan fingerprint density at radius 3 is 2.48 bits per heavy atom. The molecule has 0 aromatic heterocycles. The molecule has 5 nitrogen and oxygen atoms in total. The molecule has 2 aliphatic carbocycles. The molecule has 1 N–H and O–H groups in total. The SMILES string of the molecule is COc1cc2c(cc1OC)[C@H]1CCCC3=C(NC4CCCCC4)C(=O)N(CC2)[C@@H]31. The third kappa shape index (κ3) is 3.10. The van der Waals surface area contributed by atoms with Crippen molar-refractivity contribution in [3.8, 4) is 11.5 Å². The molecule has 2 atom stereocenters. The van der Waals surface area contributed by atoms with Crippen molar-refractivity contribution in [2.75, 3.05) is 20.8 Å². The second-order valence-corrected chi connectivity index (χ2v) is 8.98. The molecule has 1 amide bonds. The highest BCUT2D eigenvalue weighted by molar-refractivity contribution is 5.97. The highest BCUT2D eigenvalue weighted by atomic mass is 16.5. The van der Waals surface area contributed by atoms with Gasteiger partial charge in [-0.05, 0) is 67.4 Å². The number of carbonyl (C=O) groups excluding carboxylic acids is 1. The number of benzene rings is 1. The number of hydrogen-bond acceptors (Lipinski definition) is 4. The quantitative estimate of drug-likeness (QED) is 0.838. The summed E-state index contributed by atoms with van der Waals surface area (Å²) in [6, 6.07) is 4.97. The van der Waals surface area contributed by atoms with Crippen LogP contribution in [0.25, 0.3) is 0 Å². The fraction of sp³-hybridized carbons (Fsp3) is 0.625. The molecule has 5 rings (SSSR count). The molecular formula is C24H32N2O3. The van der Waals surface area contributed by atoms with E-state index in [1.807, 2.05) is 0 Å². The molecule has 29 heavy (non-hydrogen) atoms. The van der Waals surface area contributed by atoms with Gasteiger partial charge in [0.2, 0.25) is 0 Å². The van der Waals surface area contributed by atoms with E-state index in [2.05, 4.69) is 22.3 Å². The minimum absolute atomic E-state index is 0.210. The summed E-state index contributed by atoms with van der Waals surface area (Å²) in [4.78, 5) is 15.6. The van der Waals surface area contributed by atoms with E-state index in [-0.39, 0.29) is 11.9 Å². The Bertz CT molecular complexity index is 841. The second-order valence-electron chi connectivity index (χ2n) is 8.98. The predicted molar refractivity (Wildman–Crippen MR) is 112 cm³/mol. The van der Waals surface area contributed by atoms with Crippen molar-refractivity contribution in [1.29, 1.82) is 0 Å². The molecule has 0 spiro atoms. The normalized spacial score (nSPS) is 26.7. The molecule has 2 fully saturated rings. The summed E-state index contributed by atoms with van der Waals surface area (Å²) in [5.41, 5.74) is 4.95.